The Morgan fingerprint density at radius 1 is 1.00 bits per heavy atom. The molecule has 0 saturated heterocycles. The maximum absolute atomic E-state index is 12.0. The first-order valence-corrected chi connectivity index (χ1v) is 10.4. The molecule has 0 atom stereocenters. The second-order valence-corrected chi connectivity index (χ2v) is 7.65. The Kier molecular flexibility index (Phi) is 7.95. The molecular formula is C24H22BrN3O3. The highest BCUT2D eigenvalue weighted by Gasteiger charge is 2.10. The van der Waals surface area contributed by atoms with Crippen LogP contribution in [0, 0.1) is 6.92 Å². The highest BCUT2D eigenvalue weighted by Crippen LogP contribution is 2.26. The molecule has 3 aromatic rings. The van der Waals surface area contributed by atoms with Crippen molar-refractivity contribution in [3.8, 4) is 5.75 Å². The number of anilines is 1. The van der Waals surface area contributed by atoms with E-state index < -0.39 is 11.8 Å². The lowest BCUT2D eigenvalue weighted by Gasteiger charge is -2.09. The first-order valence-electron chi connectivity index (χ1n) is 9.65. The van der Waals surface area contributed by atoms with Gasteiger partial charge in [-0.15, -0.1) is 0 Å². The third kappa shape index (κ3) is 7.08. The van der Waals surface area contributed by atoms with Crippen molar-refractivity contribution in [3.05, 3.63) is 94.0 Å². The van der Waals surface area contributed by atoms with E-state index in [0.29, 0.717) is 18.0 Å². The molecule has 0 aliphatic heterocycles. The fourth-order valence-electron chi connectivity index (χ4n) is 2.72. The molecule has 3 aromatic carbocycles. The molecule has 0 aliphatic rings. The monoisotopic (exact) mass is 479 g/mol. The Morgan fingerprint density at radius 2 is 1.74 bits per heavy atom. The van der Waals surface area contributed by atoms with Gasteiger partial charge in [0.2, 0.25) is 11.8 Å². The summed E-state index contributed by atoms with van der Waals surface area (Å²) in [5.41, 5.74) is 5.82. The van der Waals surface area contributed by atoms with Gasteiger partial charge in [0.15, 0.2) is 0 Å². The Hall–Kier alpha value is -3.45. The molecule has 0 unspecified atom stereocenters. The first-order chi connectivity index (χ1) is 15.0. The average Bonchev–Trinajstić information content (AvgIpc) is 2.75. The summed E-state index contributed by atoms with van der Waals surface area (Å²) in [5, 5.41) is 6.63. The van der Waals surface area contributed by atoms with Gasteiger partial charge in [0.05, 0.1) is 10.7 Å². The van der Waals surface area contributed by atoms with Crippen LogP contribution in [0.3, 0.4) is 0 Å². The maximum atomic E-state index is 12.0. The number of aryl methyl sites for hydroxylation is 1. The molecule has 0 radical (unpaired) electrons. The van der Waals surface area contributed by atoms with Gasteiger partial charge in [-0.05, 0) is 63.8 Å². The van der Waals surface area contributed by atoms with Crippen LogP contribution in [-0.2, 0) is 16.2 Å². The zero-order valence-corrected chi connectivity index (χ0v) is 18.6. The van der Waals surface area contributed by atoms with Crippen LogP contribution in [0.15, 0.2) is 82.4 Å². The summed E-state index contributed by atoms with van der Waals surface area (Å²) >= 11 is 3.48. The Labute approximate surface area is 189 Å². The normalized spacial score (nSPS) is 10.6. The van der Waals surface area contributed by atoms with Crippen LogP contribution < -0.4 is 15.5 Å². The number of nitrogens with one attached hydrogen (secondary N) is 2. The molecule has 158 valence electrons. The lowest BCUT2D eigenvalue weighted by Crippen LogP contribution is -2.24. The van der Waals surface area contributed by atoms with Crippen LogP contribution in [0.1, 0.15) is 23.1 Å². The topological polar surface area (TPSA) is 79.8 Å². The number of hydrogen-bond donors (Lipinski definition) is 2. The van der Waals surface area contributed by atoms with E-state index in [2.05, 4.69) is 31.8 Å². The number of hydrogen-bond acceptors (Lipinski definition) is 4. The fraction of sp³-hybridized carbons (Fsp3) is 0.125. The molecule has 3 rings (SSSR count). The van der Waals surface area contributed by atoms with Crippen molar-refractivity contribution in [2.24, 2.45) is 5.10 Å². The highest BCUT2D eigenvalue weighted by atomic mass is 79.9. The number of rotatable bonds is 8. The number of benzene rings is 3. The summed E-state index contributed by atoms with van der Waals surface area (Å²) in [6, 6.07) is 22.8. The Morgan fingerprint density at radius 3 is 2.48 bits per heavy atom. The van der Waals surface area contributed by atoms with E-state index in [1.54, 1.807) is 6.07 Å². The maximum Gasteiger partial charge on any atom is 0.249 e. The number of hydrazone groups is 1. The summed E-state index contributed by atoms with van der Waals surface area (Å²) in [4.78, 5) is 24.0. The van der Waals surface area contributed by atoms with Crippen molar-refractivity contribution in [3.63, 3.8) is 0 Å². The molecule has 7 heteroatoms. The second kappa shape index (κ2) is 11.1. The predicted octanol–water partition coefficient (Wildman–Crippen LogP) is 4.82. The second-order valence-electron chi connectivity index (χ2n) is 6.80. The third-order valence-electron chi connectivity index (χ3n) is 4.34. The Bertz CT molecular complexity index is 1080. The molecule has 0 spiro atoms. The predicted molar refractivity (Wildman–Crippen MR) is 125 cm³/mol. The van der Waals surface area contributed by atoms with Crippen molar-refractivity contribution in [2.75, 3.05) is 5.32 Å². The molecule has 0 aliphatic carbocycles. The van der Waals surface area contributed by atoms with Crippen LogP contribution >= 0.6 is 15.9 Å². The van der Waals surface area contributed by atoms with E-state index in [4.69, 9.17) is 4.74 Å². The minimum absolute atomic E-state index is 0.318. The van der Waals surface area contributed by atoms with Gasteiger partial charge in [-0.2, -0.15) is 5.10 Å². The molecule has 6 nitrogen and oxygen atoms in total. The van der Waals surface area contributed by atoms with E-state index >= 15 is 0 Å². The molecule has 2 amide bonds. The van der Waals surface area contributed by atoms with Gasteiger partial charge in [-0.3, -0.25) is 9.59 Å². The van der Waals surface area contributed by atoms with Crippen molar-refractivity contribution in [1.82, 2.24) is 5.43 Å². The van der Waals surface area contributed by atoms with E-state index in [9.17, 15) is 9.59 Å². The molecule has 31 heavy (non-hydrogen) atoms. The van der Waals surface area contributed by atoms with Crippen LogP contribution in [0.5, 0.6) is 5.75 Å². The van der Waals surface area contributed by atoms with Gasteiger partial charge in [0, 0.05) is 5.69 Å². The van der Waals surface area contributed by atoms with E-state index in [1.807, 2.05) is 73.7 Å². The molecule has 0 heterocycles. The zero-order valence-electron chi connectivity index (χ0n) is 17.0. The number of halogens is 1. The number of carbonyl (C=O) groups excluding carboxylic acids is 2. The number of para-hydroxylation sites is 1. The van der Waals surface area contributed by atoms with Crippen LogP contribution in [0.4, 0.5) is 5.69 Å². The van der Waals surface area contributed by atoms with E-state index in [-0.39, 0.29) is 6.42 Å². The van der Waals surface area contributed by atoms with Gasteiger partial charge in [0.25, 0.3) is 0 Å². The molecule has 0 saturated carbocycles. The molecule has 2 N–H and O–H groups in total. The first kappa shape index (κ1) is 22.2. The number of nitrogens with zero attached hydrogens (tertiary/aromatic N) is 1. The lowest BCUT2D eigenvalue weighted by molar-refractivity contribution is -0.126. The van der Waals surface area contributed by atoms with Crippen LogP contribution in [-0.4, -0.2) is 18.0 Å². The fourth-order valence-corrected chi connectivity index (χ4v) is 3.23. The van der Waals surface area contributed by atoms with E-state index in [0.717, 1.165) is 21.2 Å². The third-order valence-corrected chi connectivity index (χ3v) is 4.96. The molecular weight excluding hydrogens is 458 g/mol. The standard InChI is InChI=1S/C24H22BrN3O3/c1-17-7-5-6-10-21(17)27-23(29)14-24(30)28-26-15-19-11-12-22(20(25)13-19)31-16-18-8-3-2-4-9-18/h2-13,15H,14,16H2,1H3,(H,27,29)(H,28,30). The van der Waals surface area contributed by atoms with Gasteiger partial charge >= 0.3 is 0 Å². The van der Waals surface area contributed by atoms with Crippen LogP contribution in [0.25, 0.3) is 0 Å². The number of carbonyl (C=O) groups is 2. The Balaban J connectivity index is 1.47. The molecule has 0 bridgehead atoms. The number of ether oxygens (including phenoxy) is 1. The van der Waals surface area contributed by atoms with Crippen molar-refractivity contribution >= 4 is 39.6 Å². The SMILES string of the molecule is Cc1ccccc1NC(=O)CC(=O)NN=Cc1ccc(OCc2ccccc2)c(Br)c1. The van der Waals surface area contributed by atoms with Crippen molar-refractivity contribution in [1.29, 1.82) is 0 Å². The van der Waals surface area contributed by atoms with Gasteiger partial charge in [-0.25, -0.2) is 5.43 Å². The van der Waals surface area contributed by atoms with E-state index in [1.165, 1.54) is 6.21 Å². The molecule has 0 aromatic heterocycles. The largest absolute Gasteiger partial charge is 0.488 e. The lowest BCUT2D eigenvalue weighted by atomic mass is 10.2. The summed E-state index contributed by atoms with van der Waals surface area (Å²) in [5.74, 6) is -0.188. The summed E-state index contributed by atoms with van der Waals surface area (Å²) < 4.78 is 6.59. The van der Waals surface area contributed by atoms with Crippen molar-refractivity contribution in [2.45, 2.75) is 20.0 Å². The zero-order chi connectivity index (χ0) is 22.1. The number of amides is 2. The minimum atomic E-state index is -0.496. The van der Waals surface area contributed by atoms with Crippen molar-refractivity contribution < 1.29 is 14.3 Å². The smallest absolute Gasteiger partial charge is 0.249 e. The minimum Gasteiger partial charge on any atom is -0.488 e. The summed E-state index contributed by atoms with van der Waals surface area (Å²) in [7, 11) is 0. The van der Waals surface area contributed by atoms with Crippen LogP contribution in [0.2, 0.25) is 0 Å². The van der Waals surface area contributed by atoms with Gasteiger partial charge < -0.3 is 10.1 Å². The summed E-state index contributed by atoms with van der Waals surface area (Å²) in [6.45, 7) is 2.35. The highest BCUT2D eigenvalue weighted by molar-refractivity contribution is 9.10. The van der Waals surface area contributed by atoms with Gasteiger partial charge in [-0.1, -0.05) is 48.5 Å². The van der Waals surface area contributed by atoms with Gasteiger partial charge in [0.1, 0.15) is 18.8 Å². The average molecular weight is 480 g/mol. The summed E-state index contributed by atoms with van der Waals surface area (Å²) in [6.07, 6.45) is 1.19. The molecule has 0 fully saturated rings. The quantitative estimate of drug-likeness (QED) is 0.276.